The average Bonchev–Trinajstić information content (AvgIpc) is 2.47. The molecule has 2 aliphatic carbocycles. The maximum Gasteiger partial charge on any atom is 0.0661 e. The van der Waals surface area contributed by atoms with Crippen molar-refractivity contribution in [2.24, 2.45) is 11.3 Å². The summed E-state index contributed by atoms with van der Waals surface area (Å²) in [5.74, 6) is 0.725. The summed E-state index contributed by atoms with van der Waals surface area (Å²) >= 11 is 0. The van der Waals surface area contributed by atoms with E-state index in [0.29, 0.717) is 11.5 Å². The molecule has 2 heteroatoms. The molecule has 0 radical (unpaired) electrons. The number of hydrogen-bond acceptors (Lipinski definition) is 2. The third-order valence-electron chi connectivity index (χ3n) is 5.57. The fraction of sp³-hybridized carbons (Fsp3) is 1.00. The largest absolute Gasteiger partial charge is 0.377 e. The molecule has 2 nitrogen and oxygen atoms in total. The van der Waals surface area contributed by atoms with Gasteiger partial charge in [-0.15, -0.1) is 0 Å². The van der Waals surface area contributed by atoms with Crippen LogP contribution in [-0.4, -0.2) is 25.3 Å². The first-order valence-corrected chi connectivity index (χ1v) is 9.08. The van der Waals surface area contributed by atoms with Crippen molar-refractivity contribution in [3.63, 3.8) is 0 Å². The van der Waals surface area contributed by atoms with Crippen LogP contribution in [0.15, 0.2) is 0 Å². The van der Waals surface area contributed by atoms with E-state index in [4.69, 9.17) is 4.74 Å². The highest BCUT2D eigenvalue weighted by atomic mass is 16.5. The summed E-state index contributed by atoms with van der Waals surface area (Å²) in [6.45, 7) is 9.02. The molecule has 2 fully saturated rings. The van der Waals surface area contributed by atoms with Gasteiger partial charge in [-0.1, -0.05) is 46.5 Å². The molecule has 0 aromatic carbocycles. The Kier molecular flexibility index (Phi) is 6.35. The van der Waals surface area contributed by atoms with E-state index in [1.54, 1.807) is 0 Å². The van der Waals surface area contributed by atoms with Crippen LogP contribution in [0.4, 0.5) is 0 Å². The molecule has 2 rings (SSSR count). The van der Waals surface area contributed by atoms with Crippen LogP contribution in [-0.2, 0) is 4.74 Å². The Morgan fingerprint density at radius 2 is 1.90 bits per heavy atom. The fourth-order valence-corrected chi connectivity index (χ4v) is 4.32. The van der Waals surface area contributed by atoms with E-state index in [0.717, 1.165) is 18.6 Å². The van der Waals surface area contributed by atoms with E-state index in [1.807, 2.05) is 0 Å². The second-order valence-electron chi connectivity index (χ2n) is 7.25. The van der Waals surface area contributed by atoms with E-state index in [1.165, 1.54) is 64.3 Å². The lowest BCUT2D eigenvalue weighted by atomic mass is 9.55. The number of rotatable bonds is 8. The Morgan fingerprint density at radius 3 is 2.55 bits per heavy atom. The van der Waals surface area contributed by atoms with E-state index in [9.17, 15) is 0 Å². The SMILES string of the molecule is CCCNC1CC(OCC(C)CCC)C12CCCCC2. The summed E-state index contributed by atoms with van der Waals surface area (Å²) in [6, 6.07) is 0.731. The third kappa shape index (κ3) is 3.57. The Labute approximate surface area is 126 Å². The lowest BCUT2D eigenvalue weighted by Gasteiger charge is -2.58. The molecule has 0 aromatic rings. The Bertz CT molecular complexity index is 273. The van der Waals surface area contributed by atoms with Gasteiger partial charge in [0.25, 0.3) is 0 Å². The van der Waals surface area contributed by atoms with Crippen LogP contribution in [0.2, 0.25) is 0 Å². The molecule has 0 aliphatic heterocycles. The first kappa shape index (κ1) is 16.3. The van der Waals surface area contributed by atoms with Crippen molar-refractivity contribution in [3.8, 4) is 0 Å². The molecule has 2 saturated carbocycles. The molecule has 3 atom stereocenters. The predicted octanol–water partition coefficient (Wildman–Crippen LogP) is 4.53. The summed E-state index contributed by atoms with van der Waals surface area (Å²) in [5, 5.41) is 3.79. The van der Waals surface area contributed by atoms with Crippen LogP contribution >= 0.6 is 0 Å². The van der Waals surface area contributed by atoms with Gasteiger partial charge in [-0.3, -0.25) is 0 Å². The monoisotopic (exact) mass is 281 g/mol. The minimum absolute atomic E-state index is 0.485. The van der Waals surface area contributed by atoms with Crippen LogP contribution in [0, 0.1) is 11.3 Å². The minimum atomic E-state index is 0.485. The van der Waals surface area contributed by atoms with Crippen LogP contribution in [0.3, 0.4) is 0 Å². The van der Waals surface area contributed by atoms with E-state index in [-0.39, 0.29) is 0 Å². The van der Waals surface area contributed by atoms with Gasteiger partial charge in [0.1, 0.15) is 0 Å². The Balaban J connectivity index is 1.85. The van der Waals surface area contributed by atoms with Crippen molar-refractivity contribution >= 4 is 0 Å². The van der Waals surface area contributed by atoms with Gasteiger partial charge in [0.05, 0.1) is 6.10 Å². The standard InChI is InChI=1S/C18H35NO/c1-4-9-15(3)14-20-17-13-16(19-12-5-2)18(17)10-7-6-8-11-18/h15-17,19H,4-14H2,1-3H3. The van der Waals surface area contributed by atoms with Crippen molar-refractivity contribution < 1.29 is 4.74 Å². The Hall–Kier alpha value is -0.0800. The number of nitrogens with one attached hydrogen (secondary N) is 1. The van der Waals surface area contributed by atoms with Gasteiger partial charge in [-0.2, -0.15) is 0 Å². The second kappa shape index (κ2) is 7.79. The van der Waals surface area contributed by atoms with Crippen molar-refractivity contribution in [2.75, 3.05) is 13.2 Å². The van der Waals surface area contributed by atoms with Crippen molar-refractivity contribution in [3.05, 3.63) is 0 Å². The van der Waals surface area contributed by atoms with Crippen LogP contribution in [0.1, 0.15) is 78.6 Å². The first-order chi connectivity index (χ1) is 9.73. The molecule has 20 heavy (non-hydrogen) atoms. The van der Waals surface area contributed by atoms with Crippen molar-refractivity contribution in [1.82, 2.24) is 5.32 Å². The first-order valence-electron chi connectivity index (χ1n) is 9.08. The smallest absolute Gasteiger partial charge is 0.0661 e. The molecular formula is C18H35NO. The molecule has 0 bridgehead atoms. The fourth-order valence-electron chi connectivity index (χ4n) is 4.32. The maximum atomic E-state index is 6.36. The van der Waals surface area contributed by atoms with E-state index in [2.05, 4.69) is 26.1 Å². The predicted molar refractivity (Wildman–Crippen MR) is 86.0 cm³/mol. The van der Waals surface area contributed by atoms with Crippen molar-refractivity contribution in [1.29, 1.82) is 0 Å². The van der Waals surface area contributed by atoms with Gasteiger partial charge in [0.2, 0.25) is 0 Å². The maximum absolute atomic E-state index is 6.36. The minimum Gasteiger partial charge on any atom is -0.377 e. The molecule has 118 valence electrons. The summed E-state index contributed by atoms with van der Waals surface area (Å²) in [5.41, 5.74) is 0.485. The molecule has 1 N–H and O–H groups in total. The summed E-state index contributed by atoms with van der Waals surface area (Å²) in [7, 11) is 0. The highest BCUT2D eigenvalue weighted by Gasteiger charge is 2.55. The summed E-state index contributed by atoms with van der Waals surface area (Å²) in [6.07, 6.45) is 12.6. The third-order valence-corrected chi connectivity index (χ3v) is 5.57. The molecule has 0 heterocycles. The van der Waals surface area contributed by atoms with Gasteiger partial charge in [-0.05, 0) is 44.6 Å². The second-order valence-corrected chi connectivity index (χ2v) is 7.25. The van der Waals surface area contributed by atoms with Crippen LogP contribution in [0.25, 0.3) is 0 Å². The lowest BCUT2D eigenvalue weighted by molar-refractivity contribution is -0.158. The molecule has 0 amide bonds. The summed E-state index contributed by atoms with van der Waals surface area (Å²) in [4.78, 5) is 0. The topological polar surface area (TPSA) is 21.3 Å². The zero-order chi connectivity index (χ0) is 14.4. The normalized spacial score (nSPS) is 30.1. The average molecular weight is 281 g/mol. The number of ether oxygens (including phenoxy) is 1. The van der Waals surface area contributed by atoms with Gasteiger partial charge in [0.15, 0.2) is 0 Å². The van der Waals surface area contributed by atoms with Crippen molar-refractivity contribution in [2.45, 2.75) is 90.7 Å². The quantitative estimate of drug-likeness (QED) is 0.706. The van der Waals surface area contributed by atoms with Gasteiger partial charge < -0.3 is 10.1 Å². The van der Waals surface area contributed by atoms with Gasteiger partial charge in [0, 0.05) is 18.1 Å². The van der Waals surface area contributed by atoms with Gasteiger partial charge in [-0.25, -0.2) is 0 Å². The molecule has 2 aliphatic rings. The molecule has 0 saturated heterocycles. The van der Waals surface area contributed by atoms with Gasteiger partial charge >= 0.3 is 0 Å². The molecule has 1 spiro atoms. The Morgan fingerprint density at radius 1 is 1.15 bits per heavy atom. The van der Waals surface area contributed by atoms with Crippen LogP contribution in [0.5, 0.6) is 0 Å². The number of hydrogen-bond donors (Lipinski definition) is 1. The van der Waals surface area contributed by atoms with E-state index < -0.39 is 0 Å². The lowest BCUT2D eigenvalue weighted by Crippen LogP contribution is -2.64. The zero-order valence-corrected chi connectivity index (χ0v) is 13.9. The molecule has 3 unspecified atom stereocenters. The van der Waals surface area contributed by atoms with Crippen LogP contribution < -0.4 is 5.32 Å². The van der Waals surface area contributed by atoms with E-state index >= 15 is 0 Å². The molecular weight excluding hydrogens is 246 g/mol. The molecule has 0 aromatic heterocycles. The highest BCUT2D eigenvalue weighted by molar-refractivity contribution is 5.08. The summed E-state index contributed by atoms with van der Waals surface area (Å²) < 4.78 is 6.36. The zero-order valence-electron chi connectivity index (χ0n) is 13.9. The highest BCUT2D eigenvalue weighted by Crippen LogP contribution is 2.53.